The van der Waals surface area contributed by atoms with Crippen LogP contribution in [0.1, 0.15) is 52.1 Å². The van der Waals surface area contributed by atoms with E-state index in [-0.39, 0.29) is 15.7 Å². The van der Waals surface area contributed by atoms with E-state index in [0.29, 0.717) is 22.6 Å². The highest BCUT2D eigenvalue weighted by molar-refractivity contribution is 9.10. The van der Waals surface area contributed by atoms with E-state index in [0.717, 1.165) is 4.90 Å². The molecule has 1 aromatic heterocycles. The number of benzene rings is 1. The second-order valence-electron chi connectivity index (χ2n) is 5.95. The first-order chi connectivity index (χ1) is 12.3. The summed E-state index contributed by atoms with van der Waals surface area (Å²) in [4.78, 5) is 43.6. The van der Waals surface area contributed by atoms with Crippen molar-refractivity contribution in [2.45, 2.75) is 19.9 Å². The number of nitrogens with zero attached hydrogens (tertiary/aromatic N) is 3. The van der Waals surface area contributed by atoms with Crippen LogP contribution in [0, 0.1) is 0 Å². The summed E-state index contributed by atoms with van der Waals surface area (Å²) >= 11 is 3.26. The summed E-state index contributed by atoms with van der Waals surface area (Å²) in [7, 11) is 0. The summed E-state index contributed by atoms with van der Waals surface area (Å²) in [6.45, 7) is 10.8. The molecule has 0 fully saturated rings. The maximum absolute atomic E-state index is 12.7. The normalized spacial score (nSPS) is 14.3. The molecule has 2 amide bonds. The monoisotopic (exact) mass is 413 g/mol. The highest BCUT2D eigenvalue weighted by atomic mass is 79.9. The fraction of sp³-hybridized carbons (Fsp3) is 0.158. The largest absolute Gasteiger partial charge is 0.272 e. The van der Waals surface area contributed by atoms with Crippen molar-refractivity contribution in [2.75, 3.05) is 0 Å². The van der Waals surface area contributed by atoms with Crippen molar-refractivity contribution in [3.05, 3.63) is 74.9 Å². The molecule has 6 nitrogen and oxygen atoms in total. The van der Waals surface area contributed by atoms with E-state index in [4.69, 9.17) is 0 Å². The van der Waals surface area contributed by atoms with E-state index in [1.807, 2.05) is 0 Å². The number of hydrogen-bond acceptors (Lipinski definition) is 4. The van der Waals surface area contributed by atoms with E-state index < -0.39 is 17.9 Å². The molecule has 1 aliphatic rings. The van der Waals surface area contributed by atoms with Gasteiger partial charge >= 0.3 is 0 Å². The van der Waals surface area contributed by atoms with Crippen molar-refractivity contribution in [3.63, 3.8) is 0 Å². The summed E-state index contributed by atoms with van der Waals surface area (Å²) < 4.78 is 1.49. The van der Waals surface area contributed by atoms with Gasteiger partial charge in [0.15, 0.2) is 0 Å². The van der Waals surface area contributed by atoms with Gasteiger partial charge in [0.1, 0.15) is 10.3 Å². The predicted molar refractivity (Wildman–Crippen MR) is 103 cm³/mol. The maximum atomic E-state index is 12.7. The minimum Gasteiger partial charge on any atom is -0.269 e. The third-order valence-corrected chi connectivity index (χ3v) is 5.00. The number of aromatic nitrogens is 2. The lowest BCUT2D eigenvalue weighted by Crippen LogP contribution is -2.35. The smallest absolute Gasteiger partial charge is 0.269 e. The van der Waals surface area contributed by atoms with Gasteiger partial charge in [0.25, 0.3) is 17.4 Å². The second-order valence-corrected chi connectivity index (χ2v) is 6.74. The molecule has 7 heteroatoms. The van der Waals surface area contributed by atoms with Crippen LogP contribution >= 0.6 is 15.9 Å². The van der Waals surface area contributed by atoms with Crippen molar-refractivity contribution < 1.29 is 9.59 Å². The van der Waals surface area contributed by atoms with Gasteiger partial charge in [-0.25, -0.2) is 4.98 Å². The Hall–Kier alpha value is -2.80. The molecule has 2 aromatic rings. The SMILES string of the molecule is C=Cc1nc(C(C)N2C(=O)c3ccccc3C2=O)c(Br)c(=O)n1C(=C)C. The minimum atomic E-state index is -0.733. The second kappa shape index (κ2) is 6.49. The molecule has 0 spiro atoms. The van der Waals surface area contributed by atoms with Crippen LogP contribution < -0.4 is 5.56 Å². The number of fused-ring (bicyclic) bond motifs is 1. The van der Waals surface area contributed by atoms with Gasteiger partial charge in [-0.2, -0.15) is 0 Å². The molecule has 1 aliphatic heterocycles. The molecule has 2 heterocycles. The van der Waals surface area contributed by atoms with E-state index >= 15 is 0 Å². The molecule has 26 heavy (non-hydrogen) atoms. The third-order valence-electron chi connectivity index (χ3n) is 4.25. The van der Waals surface area contributed by atoms with Crippen molar-refractivity contribution in [2.24, 2.45) is 0 Å². The Labute approximate surface area is 158 Å². The minimum absolute atomic E-state index is 0.176. The van der Waals surface area contributed by atoms with Gasteiger partial charge in [0.05, 0.1) is 22.9 Å². The zero-order chi connectivity index (χ0) is 19.2. The number of allylic oxidation sites excluding steroid dienone is 1. The Bertz CT molecular complexity index is 1000. The third kappa shape index (κ3) is 2.55. The van der Waals surface area contributed by atoms with E-state index in [2.05, 4.69) is 34.1 Å². The summed E-state index contributed by atoms with van der Waals surface area (Å²) in [6.07, 6.45) is 1.43. The van der Waals surface area contributed by atoms with Crippen LogP contribution in [0.3, 0.4) is 0 Å². The first-order valence-corrected chi connectivity index (χ1v) is 8.66. The van der Waals surface area contributed by atoms with Crippen molar-refractivity contribution in [3.8, 4) is 0 Å². The number of carbonyl (C=O) groups excluding carboxylic acids is 2. The lowest BCUT2D eigenvalue weighted by Gasteiger charge is -2.24. The molecular weight excluding hydrogens is 398 g/mol. The molecule has 0 saturated heterocycles. The zero-order valence-corrected chi connectivity index (χ0v) is 15.9. The van der Waals surface area contributed by atoms with Crippen LogP contribution in [0.2, 0.25) is 0 Å². The average Bonchev–Trinajstić information content (AvgIpc) is 2.87. The summed E-state index contributed by atoms with van der Waals surface area (Å²) in [5.41, 5.74) is 1.09. The fourth-order valence-electron chi connectivity index (χ4n) is 3.00. The highest BCUT2D eigenvalue weighted by Gasteiger charge is 2.40. The van der Waals surface area contributed by atoms with E-state index in [9.17, 15) is 14.4 Å². The molecule has 0 N–H and O–H groups in total. The molecule has 1 aromatic carbocycles. The van der Waals surface area contributed by atoms with Crippen LogP contribution in [-0.2, 0) is 0 Å². The zero-order valence-electron chi connectivity index (χ0n) is 14.3. The molecule has 0 saturated carbocycles. The average molecular weight is 414 g/mol. The van der Waals surface area contributed by atoms with Crippen LogP contribution in [0.5, 0.6) is 0 Å². The first-order valence-electron chi connectivity index (χ1n) is 7.87. The summed E-state index contributed by atoms with van der Waals surface area (Å²) in [5, 5.41) is 0. The van der Waals surface area contributed by atoms with Gasteiger partial charge in [0, 0.05) is 5.70 Å². The molecule has 1 unspecified atom stereocenters. The van der Waals surface area contributed by atoms with Gasteiger partial charge in [-0.05, 0) is 48.0 Å². The number of imide groups is 1. The quantitative estimate of drug-likeness (QED) is 0.718. The Balaban J connectivity index is 2.14. The number of carbonyl (C=O) groups is 2. The van der Waals surface area contributed by atoms with Gasteiger partial charge < -0.3 is 0 Å². The Morgan fingerprint density at radius 1 is 1.19 bits per heavy atom. The number of amides is 2. The lowest BCUT2D eigenvalue weighted by molar-refractivity contribution is 0.0591. The standard InChI is InChI=1S/C19H16BrN3O3/c1-5-14-21-16(15(20)19(26)22(14)10(2)3)11(4)23-17(24)12-8-6-7-9-13(12)18(23)25/h5-9,11H,1-2H2,3-4H3. The lowest BCUT2D eigenvalue weighted by atomic mass is 10.1. The van der Waals surface area contributed by atoms with Crippen LogP contribution in [-0.4, -0.2) is 26.3 Å². The molecule has 0 radical (unpaired) electrons. The van der Waals surface area contributed by atoms with Gasteiger partial charge in [-0.15, -0.1) is 0 Å². The molecule has 0 bridgehead atoms. The van der Waals surface area contributed by atoms with Crippen molar-refractivity contribution >= 4 is 39.5 Å². The van der Waals surface area contributed by atoms with Crippen molar-refractivity contribution in [1.29, 1.82) is 0 Å². The van der Waals surface area contributed by atoms with Crippen LogP contribution in [0.25, 0.3) is 11.8 Å². The molecule has 3 rings (SSSR count). The Morgan fingerprint density at radius 3 is 2.19 bits per heavy atom. The molecule has 0 aliphatic carbocycles. The van der Waals surface area contributed by atoms with Gasteiger partial charge in [-0.1, -0.05) is 25.3 Å². The molecular formula is C19H16BrN3O3. The van der Waals surface area contributed by atoms with Gasteiger partial charge in [-0.3, -0.25) is 23.9 Å². The highest BCUT2D eigenvalue weighted by Crippen LogP contribution is 2.32. The number of hydrogen-bond donors (Lipinski definition) is 0. The maximum Gasteiger partial charge on any atom is 0.272 e. The van der Waals surface area contributed by atoms with E-state index in [1.165, 1.54) is 10.6 Å². The van der Waals surface area contributed by atoms with E-state index in [1.54, 1.807) is 38.1 Å². The fourth-order valence-corrected chi connectivity index (χ4v) is 3.60. The van der Waals surface area contributed by atoms with Crippen molar-refractivity contribution in [1.82, 2.24) is 14.5 Å². The predicted octanol–water partition coefficient (Wildman–Crippen LogP) is 3.50. The first kappa shape index (κ1) is 18.0. The van der Waals surface area contributed by atoms with Crippen LogP contribution in [0.4, 0.5) is 0 Å². The Morgan fingerprint density at radius 2 is 1.73 bits per heavy atom. The molecule has 1 atom stereocenters. The number of rotatable bonds is 4. The topological polar surface area (TPSA) is 72.3 Å². The molecule has 132 valence electrons. The summed E-state index contributed by atoms with van der Waals surface area (Å²) in [5.74, 6) is -0.517. The Kier molecular flexibility index (Phi) is 4.50. The summed E-state index contributed by atoms with van der Waals surface area (Å²) in [6, 6.07) is 5.90. The van der Waals surface area contributed by atoms with Crippen LogP contribution in [0.15, 0.2) is 46.7 Å². The number of halogens is 1. The van der Waals surface area contributed by atoms with Gasteiger partial charge in [0.2, 0.25) is 0 Å².